The fourth-order valence-electron chi connectivity index (χ4n) is 5.26. The van der Waals surface area contributed by atoms with Crippen molar-refractivity contribution in [3.8, 4) is 11.1 Å². The number of hydrogen-bond donors (Lipinski definition) is 3. The van der Waals surface area contributed by atoms with E-state index in [0.717, 1.165) is 12.8 Å². The van der Waals surface area contributed by atoms with Crippen LogP contribution in [0.15, 0.2) is 48.5 Å². The Balaban J connectivity index is 1.25. The first-order chi connectivity index (χ1) is 16.5. The van der Waals surface area contributed by atoms with Crippen LogP contribution in [0.4, 0.5) is 4.79 Å². The molecule has 180 valence electrons. The number of rotatable bonds is 9. The van der Waals surface area contributed by atoms with Crippen LogP contribution in [0, 0.1) is 5.92 Å². The van der Waals surface area contributed by atoms with Crippen molar-refractivity contribution in [3.05, 3.63) is 59.7 Å². The van der Waals surface area contributed by atoms with Crippen molar-refractivity contribution in [2.45, 2.75) is 63.5 Å². The molecule has 3 atom stereocenters. The average molecular weight is 465 g/mol. The number of benzene rings is 2. The lowest BCUT2D eigenvalue weighted by molar-refractivity contribution is -0.142. The standard InChI is InChI=1S/C27H32N2O5/c1-2-7-24(26(31)32)29-25(30)15-17-12-13-18(14-17)28-27(33)34-16-23-21-10-5-3-8-19(21)20-9-4-6-11-22(20)23/h3-6,8-11,17-18,23-24H,2,7,12-16H2,1H3,(H,28,33)(H,29,30)(H,31,32)/t17?,18?,24-/m0/s1. The quantitative estimate of drug-likeness (QED) is 0.508. The second-order valence-corrected chi connectivity index (χ2v) is 9.30. The van der Waals surface area contributed by atoms with Crippen molar-refractivity contribution in [2.24, 2.45) is 5.92 Å². The molecule has 2 aliphatic carbocycles. The van der Waals surface area contributed by atoms with E-state index in [2.05, 4.69) is 34.9 Å². The molecule has 0 radical (unpaired) electrons. The van der Waals surface area contributed by atoms with Crippen LogP contribution in [0.2, 0.25) is 0 Å². The van der Waals surface area contributed by atoms with E-state index < -0.39 is 18.1 Å². The van der Waals surface area contributed by atoms with Crippen LogP contribution < -0.4 is 10.6 Å². The molecule has 3 N–H and O–H groups in total. The van der Waals surface area contributed by atoms with Gasteiger partial charge in [0, 0.05) is 18.4 Å². The van der Waals surface area contributed by atoms with E-state index in [1.54, 1.807) is 0 Å². The maximum atomic E-state index is 12.5. The number of carbonyl (C=O) groups is 3. The van der Waals surface area contributed by atoms with E-state index in [0.29, 0.717) is 19.3 Å². The van der Waals surface area contributed by atoms with Gasteiger partial charge in [0.2, 0.25) is 5.91 Å². The first-order valence-electron chi connectivity index (χ1n) is 12.1. The number of carboxylic acids is 1. The van der Waals surface area contributed by atoms with Crippen molar-refractivity contribution in [3.63, 3.8) is 0 Å². The molecule has 1 fully saturated rings. The summed E-state index contributed by atoms with van der Waals surface area (Å²) in [4.78, 5) is 36.1. The summed E-state index contributed by atoms with van der Waals surface area (Å²) >= 11 is 0. The third-order valence-electron chi connectivity index (χ3n) is 6.89. The van der Waals surface area contributed by atoms with E-state index in [1.165, 1.54) is 22.3 Å². The van der Waals surface area contributed by atoms with Gasteiger partial charge in [-0.1, -0.05) is 61.9 Å². The highest BCUT2D eigenvalue weighted by Crippen LogP contribution is 2.44. The summed E-state index contributed by atoms with van der Waals surface area (Å²) in [7, 11) is 0. The molecule has 0 bridgehead atoms. The van der Waals surface area contributed by atoms with Crippen LogP contribution in [-0.2, 0) is 14.3 Å². The SMILES string of the molecule is CCC[C@H](NC(=O)CC1CCC(NC(=O)OCC2c3ccccc3-c3ccccc32)C1)C(=O)O. The lowest BCUT2D eigenvalue weighted by atomic mass is 9.98. The van der Waals surface area contributed by atoms with Crippen LogP contribution in [0.3, 0.4) is 0 Å². The predicted octanol–water partition coefficient (Wildman–Crippen LogP) is 4.45. The van der Waals surface area contributed by atoms with Gasteiger partial charge in [-0.05, 0) is 53.9 Å². The molecule has 0 aromatic heterocycles. The Labute approximate surface area is 199 Å². The summed E-state index contributed by atoms with van der Waals surface area (Å²) in [5.41, 5.74) is 4.72. The molecule has 0 spiro atoms. The predicted molar refractivity (Wildman–Crippen MR) is 128 cm³/mol. The van der Waals surface area contributed by atoms with Gasteiger partial charge in [0.05, 0.1) is 0 Å². The molecule has 1 saturated carbocycles. The highest BCUT2D eigenvalue weighted by Gasteiger charge is 2.31. The number of nitrogens with one attached hydrogen (secondary N) is 2. The molecular weight excluding hydrogens is 432 g/mol. The Bertz CT molecular complexity index is 1010. The number of carbonyl (C=O) groups excluding carboxylic acids is 2. The van der Waals surface area contributed by atoms with E-state index in [-0.39, 0.29) is 36.8 Å². The van der Waals surface area contributed by atoms with Gasteiger partial charge in [-0.25, -0.2) is 9.59 Å². The van der Waals surface area contributed by atoms with E-state index in [9.17, 15) is 19.5 Å². The Morgan fingerprint density at radius 1 is 1.03 bits per heavy atom. The van der Waals surface area contributed by atoms with Crippen molar-refractivity contribution < 1.29 is 24.2 Å². The Morgan fingerprint density at radius 3 is 2.29 bits per heavy atom. The van der Waals surface area contributed by atoms with Crippen molar-refractivity contribution in [2.75, 3.05) is 6.61 Å². The average Bonchev–Trinajstić information content (AvgIpc) is 3.39. The fourth-order valence-corrected chi connectivity index (χ4v) is 5.26. The van der Waals surface area contributed by atoms with Gasteiger partial charge in [0.25, 0.3) is 0 Å². The molecule has 7 nitrogen and oxygen atoms in total. The highest BCUT2D eigenvalue weighted by atomic mass is 16.5. The van der Waals surface area contributed by atoms with Gasteiger partial charge in [0.15, 0.2) is 0 Å². The van der Waals surface area contributed by atoms with Gasteiger partial charge in [-0.3, -0.25) is 4.79 Å². The number of aliphatic carboxylic acids is 1. The zero-order valence-electron chi connectivity index (χ0n) is 19.5. The second kappa shape index (κ2) is 10.7. The molecule has 2 amide bonds. The Kier molecular flexibility index (Phi) is 7.50. The molecule has 2 unspecified atom stereocenters. The summed E-state index contributed by atoms with van der Waals surface area (Å²) in [5.74, 6) is -1.11. The molecule has 4 rings (SSSR count). The van der Waals surface area contributed by atoms with Crippen molar-refractivity contribution >= 4 is 18.0 Å². The fraction of sp³-hybridized carbons (Fsp3) is 0.444. The molecule has 0 saturated heterocycles. The third-order valence-corrected chi connectivity index (χ3v) is 6.89. The van der Waals surface area contributed by atoms with Crippen LogP contribution >= 0.6 is 0 Å². The number of alkyl carbamates (subject to hydrolysis) is 1. The van der Waals surface area contributed by atoms with Gasteiger partial charge in [-0.2, -0.15) is 0 Å². The zero-order valence-corrected chi connectivity index (χ0v) is 19.5. The van der Waals surface area contributed by atoms with E-state index in [1.807, 2.05) is 31.2 Å². The maximum absolute atomic E-state index is 12.5. The van der Waals surface area contributed by atoms with Gasteiger partial charge in [0.1, 0.15) is 12.6 Å². The largest absolute Gasteiger partial charge is 0.480 e. The summed E-state index contributed by atoms with van der Waals surface area (Å²) in [6.45, 7) is 2.16. The summed E-state index contributed by atoms with van der Waals surface area (Å²) < 4.78 is 5.63. The minimum absolute atomic E-state index is 0.0171. The van der Waals surface area contributed by atoms with Crippen LogP contribution in [0.5, 0.6) is 0 Å². The second-order valence-electron chi connectivity index (χ2n) is 9.30. The lowest BCUT2D eigenvalue weighted by Gasteiger charge is -2.17. The number of carboxylic acid groups (broad SMARTS) is 1. The van der Waals surface area contributed by atoms with Crippen molar-refractivity contribution in [1.29, 1.82) is 0 Å². The van der Waals surface area contributed by atoms with Crippen molar-refractivity contribution in [1.82, 2.24) is 10.6 Å². The molecular formula is C27H32N2O5. The zero-order chi connectivity index (χ0) is 24.1. The molecule has 0 aliphatic heterocycles. The van der Waals surface area contributed by atoms with Gasteiger partial charge in [-0.15, -0.1) is 0 Å². The Hall–Kier alpha value is -3.35. The lowest BCUT2D eigenvalue weighted by Crippen LogP contribution is -2.41. The summed E-state index contributed by atoms with van der Waals surface area (Å²) in [6.07, 6.45) is 3.21. The summed E-state index contributed by atoms with van der Waals surface area (Å²) in [5, 5.41) is 14.8. The third kappa shape index (κ3) is 5.41. The molecule has 7 heteroatoms. The van der Waals surface area contributed by atoms with Gasteiger partial charge >= 0.3 is 12.1 Å². The Morgan fingerprint density at radius 2 is 1.68 bits per heavy atom. The van der Waals surface area contributed by atoms with Gasteiger partial charge < -0.3 is 20.5 Å². The molecule has 0 heterocycles. The topological polar surface area (TPSA) is 105 Å². The van der Waals surface area contributed by atoms with E-state index in [4.69, 9.17) is 4.74 Å². The minimum Gasteiger partial charge on any atom is -0.480 e. The number of amides is 2. The number of ether oxygens (including phenoxy) is 1. The number of fused-ring (bicyclic) bond motifs is 3. The van der Waals surface area contributed by atoms with Crippen LogP contribution in [0.25, 0.3) is 11.1 Å². The molecule has 2 aromatic carbocycles. The molecule has 34 heavy (non-hydrogen) atoms. The number of hydrogen-bond acceptors (Lipinski definition) is 4. The van der Waals surface area contributed by atoms with Crippen LogP contribution in [0.1, 0.15) is 62.5 Å². The monoisotopic (exact) mass is 464 g/mol. The first-order valence-corrected chi connectivity index (χ1v) is 12.1. The molecule has 2 aromatic rings. The normalized spacial score (nSPS) is 19.7. The highest BCUT2D eigenvalue weighted by molar-refractivity contribution is 5.83. The molecule has 2 aliphatic rings. The summed E-state index contributed by atoms with van der Waals surface area (Å²) in [6, 6.07) is 15.6. The smallest absolute Gasteiger partial charge is 0.407 e. The first kappa shape index (κ1) is 23.8. The van der Waals surface area contributed by atoms with Crippen LogP contribution in [-0.4, -0.2) is 41.8 Å². The minimum atomic E-state index is -1.00. The van der Waals surface area contributed by atoms with E-state index >= 15 is 0 Å². The maximum Gasteiger partial charge on any atom is 0.407 e.